The van der Waals surface area contributed by atoms with Crippen LogP contribution in [0, 0.1) is 12.7 Å². The summed E-state index contributed by atoms with van der Waals surface area (Å²) in [6.07, 6.45) is 1.63. The summed E-state index contributed by atoms with van der Waals surface area (Å²) in [7, 11) is 2.18. The van der Waals surface area contributed by atoms with Crippen molar-refractivity contribution in [2.75, 3.05) is 49.6 Å². The van der Waals surface area contributed by atoms with Crippen LogP contribution in [0.3, 0.4) is 0 Å². The molecular weight excluding hydrogens is 365 g/mol. The van der Waals surface area contributed by atoms with E-state index in [4.69, 9.17) is 0 Å². The Labute approximate surface area is 171 Å². The largest absolute Gasteiger partial charge is 0.371 e. The van der Waals surface area contributed by atoms with Crippen LogP contribution in [-0.4, -0.2) is 56.5 Å². The number of likely N-dealkylation sites (tertiary alicyclic amines) is 1. The molecule has 0 spiro atoms. The van der Waals surface area contributed by atoms with Crippen LogP contribution in [0.4, 0.5) is 15.8 Å². The molecule has 2 aromatic rings. The van der Waals surface area contributed by atoms with Gasteiger partial charge in [0.2, 0.25) is 0 Å². The molecule has 1 saturated heterocycles. The zero-order valence-corrected chi connectivity index (χ0v) is 17.2. The second-order valence-electron chi connectivity index (χ2n) is 8.73. The molecule has 0 N–H and O–H groups in total. The van der Waals surface area contributed by atoms with E-state index in [0.29, 0.717) is 23.9 Å². The molecule has 0 radical (unpaired) electrons. The van der Waals surface area contributed by atoms with Gasteiger partial charge in [-0.25, -0.2) is 4.39 Å². The van der Waals surface area contributed by atoms with Crippen LogP contribution >= 0.6 is 0 Å². The fourth-order valence-corrected chi connectivity index (χ4v) is 5.51. The van der Waals surface area contributed by atoms with E-state index in [0.717, 1.165) is 44.7 Å². The third kappa shape index (κ3) is 3.12. The van der Waals surface area contributed by atoms with Gasteiger partial charge in [-0.05, 0) is 48.7 Å². The summed E-state index contributed by atoms with van der Waals surface area (Å²) in [6.45, 7) is 6.80. The minimum atomic E-state index is -0.284. The highest BCUT2D eigenvalue weighted by molar-refractivity contribution is 5.97. The Morgan fingerprint density at radius 2 is 2.03 bits per heavy atom. The van der Waals surface area contributed by atoms with Gasteiger partial charge in [-0.2, -0.15) is 0 Å². The van der Waals surface area contributed by atoms with Crippen LogP contribution in [0.2, 0.25) is 0 Å². The first-order chi connectivity index (χ1) is 14.0. The second-order valence-corrected chi connectivity index (χ2v) is 8.73. The highest BCUT2D eigenvalue weighted by atomic mass is 19.1. The summed E-state index contributed by atoms with van der Waals surface area (Å²) < 4.78 is 13.3. The van der Waals surface area contributed by atoms with Crippen molar-refractivity contribution in [3.8, 4) is 0 Å². The van der Waals surface area contributed by atoms with Gasteiger partial charge in [0.25, 0.3) is 0 Å². The fourth-order valence-electron chi connectivity index (χ4n) is 5.51. The number of Topliss-reactive ketones (excluding diaryl/α,β-unsaturated/α-hetero) is 1. The number of benzene rings is 2. The van der Waals surface area contributed by atoms with Crippen molar-refractivity contribution in [2.45, 2.75) is 31.7 Å². The fraction of sp³-hybridized carbons (Fsp3) is 0.458. The number of carbonyl (C=O) groups is 1. The molecule has 3 aliphatic heterocycles. The first-order valence-corrected chi connectivity index (χ1v) is 10.7. The molecule has 0 aromatic heterocycles. The molecule has 3 aliphatic rings. The number of piperidine rings is 1. The quantitative estimate of drug-likeness (QED) is 0.738. The zero-order chi connectivity index (χ0) is 20.1. The van der Waals surface area contributed by atoms with Crippen LogP contribution in [0.1, 0.15) is 40.2 Å². The van der Waals surface area contributed by atoms with Gasteiger partial charge in [-0.1, -0.05) is 12.1 Å². The number of ketones is 1. The van der Waals surface area contributed by atoms with Gasteiger partial charge in [-0.15, -0.1) is 0 Å². The Morgan fingerprint density at radius 3 is 2.86 bits per heavy atom. The standard InChI is InChI=1S/C24H28FN3O/c1-16-14-17(25)6-7-18(16)23(29)9-11-27-10-8-21-20(15-27)19-4-3-5-22-24(19)28(21)13-12-26(22)2/h3-7,14,20-21H,8-13,15H2,1-2H3. The van der Waals surface area contributed by atoms with E-state index in [1.54, 1.807) is 6.07 Å². The van der Waals surface area contributed by atoms with E-state index in [2.05, 4.69) is 39.9 Å². The number of halogens is 1. The molecule has 5 heteroatoms. The molecular formula is C24H28FN3O. The maximum absolute atomic E-state index is 13.3. The summed E-state index contributed by atoms with van der Waals surface area (Å²) in [4.78, 5) is 20.1. The Balaban J connectivity index is 1.29. The molecule has 0 aliphatic carbocycles. The molecule has 2 unspecified atom stereocenters. The molecule has 0 saturated carbocycles. The lowest BCUT2D eigenvalue weighted by Crippen LogP contribution is -2.49. The average Bonchev–Trinajstić information content (AvgIpc) is 3.03. The number of para-hydroxylation sites is 1. The summed E-state index contributed by atoms with van der Waals surface area (Å²) in [6, 6.07) is 11.8. The zero-order valence-electron chi connectivity index (χ0n) is 17.2. The Bertz CT molecular complexity index is 959. The van der Waals surface area contributed by atoms with Crippen molar-refractivity contribution in [1.82, 2.24) is 4.90 Å². The Morgan fingerprint density at radius 1 is 1.17 bits per heavy atom. The van der Waals surface area contributed by atoms with Crippen molar-refractivity contribution in [1.29, 1.82) is 0 Å². The lowest BCUT2D eigenvalue weighted by Gasteiger charge is -2.41. The number of carbonyl (C=O) groups excluding carboxylic acids is 1. The molecule has 2 atom stereocenters. The number of hydrogen-bond donors (Lipinski definition) is 0. The molecule has 4 nitrogen and oxygen atoms in total. The molecule has 1 fully saturated rings. The number of fused-ring (bicyclic) bond motifs is 3. The maximum atomic E-state index is 13.3. The van der Waals surface area contributed by atoms with E-state index in [9.17, 15) is 9.18 Å². The number of likely N-dealkylation sites (N-methyl/N-ethyl adjacent to an activating group) is 1. The van der Waals surface area contributed by atoms with E-state index < -0.39 is 0 Å². The molecule has 152 valence electrons. The molecule has 29 heavy (non-hydrogen) atoms. The summed E-state index contributed by atoms with van der Waals surface area (Å²) >= 11 is 0. The topological polar surface area (TPSA) is 26.8 Å². The molecule has 0 bridgehead atoms. The average molecular weight is 394 g/mol. The van der Waals surface area contributed by atoms with Crippen LogP contribution in [0.5, 0.6) is 0 Å². The summed E-state index contributed by atoms with van der Waals surface area (Å²) in [5.74, 6) is 0.348. The maximum Gasteiger partial charge on any atom is 0.164 e. The van der Waals surface area contributed by atoms with E-state index in [1.807, 2.05) is 6.92 Å². The van der Waals surface area contributed by atoms with Gasteiger partial charge < -0.3 is 14.7 Å². The summed E-state index contributed by atoms with van der Waals surface area (Å²) in [5.41, 5.74) is 5.65. The van der Waals surface area contributed by atoms with Crippen LogP contribution in [0.15, 0.2) is 36.4 Å². The highest BCUT2D eigenvalue weighted by Gasteiger charge is 2.44. The minimum Gasteiger partial charge on any atom is -0.371 e. The minimum absolute atomic E-state index is 0.111. The molecule has 3 heterocycles. The van der Waals surface area contributed by atoms with Gasteiger partial charge in [0, 0.05) is 63.7 Å². The smallest absolute Gasteiger partial charge is 0.164 e. The van der Waals surface area contributed by atoms with E-state index in [-0.39, 0.29) is 11.6 Å². The lowest BCUT2D eigenvalue weighted by atomic mass is 9.88. The Hall–Kier alpha value is -2.40. The van der Waals surface area contributed by atoms with Gasteiger partial charge in [0.1, 0.15) is 5.82 Å². The highest BCUT2D eigenvalue weighted by Crippen LogP contribution is 2.50. The van der Waals surface area contributed by atoms with Gasteiger partial charge in [0.05, 0.1) is 11.4 Å². The van der Waals surface area contributed by atoms with Crippen LogP contribution in [0.25, 0.3) is 0 Å². The second kappa shape index (κ2) is 7.13. The first kappa shape index (κ1) is 18.6. The van der Waals surface area contributed by atoms with Gasteiger partial charge in [-0.3, -0.25) is 4.79 Å². The number of rotatable bonds is 4. The molecule has 0 amide bonds. The van der Waals surface area contributed by atoms with Crippen molar-refractivity contribution in [3.63, 3.8) is 0 Å². The third-order valence-corrected chi connectivity index (χ3v) is 7.02. The van der Waals surface area contributed by atoms with Crippen molar-refractivity contribution >= 4 is 17.2 Å². The van der Waals surface area contributed by atoms with Crippen LogP contribution in [-0.2, 0) is 0 Å². The normalized spacial score (nSPS) is 23.1. The molecule has 5 rings (SSSR count). The van der Waals surface area contributed by atoms with E-state index in [1.165, 1.54) is 29.1 Å². The predicted octanol–water partition coefficient (Wildman–Crippen LogP) is 3.83. The van der Waals surface area contributed by atoms with Crippen molar-refractivity contribution < 1.29 is 9.18 Å². The first-order valence-electron chi connectivity index (χ1n) is 10.7. The van der Waals surface area contributed by atoms with Gasteiger partial charge in [0.15, 0.2) is 5.78 Å². The lowest BCUT2D eigenvalue weighted by molar-refractivity contribution is 0.0952. The SMILES string of the molecule is Cc1cc(F)ccc1C(=O)CCN1CCC2C(C1)c1cccc3c1N2CCN3C. The third-order valence-electron chi connectivity index (χ3n) is 7.02. The van der Waals surface area contributed by atoms with Crippen molar-refractivity contribution in [2.24, 2.45) is 0 Å². The molecule has 2 aromatic carbocycles. The van der Waals surface area contributed by atoms with Crippen molar-refractivity contribution in [3.05, 3.63) is 58.9 Å². The number of anilines is 2. The monoisotopic (exact) mass is 393 g/mol. The Kier molecular flexibility index (Phi) is 4.58. The van der Waals surface area contributed by atoms with Gasteiger partial charge >= 0.3 is 0 Å². The number of aryl methyl sites for hydroxylation is 1. The van der Waals surface area contributed by atoms with E-state index >= 15 is 0 Å². The number of hydrogen-bond acceptors (Lipinski definition) is 4. The summed E-state index contributed by atoms with van der Waals surface area (Å²) in [5, 5.41) is 0. The number of nitrogens with zero attached hydrogens (tertiary/aromatic N) is 3. The predicted molar refractivity (Wildman–Crippen MR) is 115 cm³/mol. The van der Waals surface area contributed by atoms with Crippen LogP contribution < -0.4 is 9.80 Å².